The molecule has 0 amide bonds. The Labute approximate surface area is 173 Å². The van der Waals surface area contributed by atoms with E-state index in [-0.39, 0.29) is 26.8 Å². The molecular formula is C21H30Br2O3. The van der Waals surface area contributed by atoms with Crippen LogP contribution in [0.1, 0.15) is 65.2 Å². The summed E-state index contributed by atoms with van der Waals surface area (Å²) in [5, 5.41) is 11.6. The van der Waals surface area contributed by atoms with Crippen molar-refractivity contribution in [3.8, 4) is 0 Å². The molecule has 0 spiro atoms. The number of fused-ring (bicyclic) bond motifs is 5. The van der Waals surface area contributed by atoms with Gasteiger partial charge in [0.15, 0.2) is 5.78 Å². The number of hydrogen-bond acceptors (Lipinski definition) is 3. The SMILES string of the molecule is CC12CCC(=O)C(Br)C1CCC1C2CCC2(C)C1CCC2(O)C(=O)CBr. The first-order valence-corrected chi connectivity index (χ1v) is 12.2. The molecule has 4 saturated carbocycles. The first kappa shape index (κ1) is 19.6. The fourth-order valence-corrected chi connectivity index (χ4v) is 9.24. The molecule has 0 bridgehead atoms. The smallest absolute Gasteiger partial charge is 0.175 e. The van der Waals surface area contributed by atoms with Gasteiger partial charge in [-0.2, -0.15) is 0 Å². The van der Waals surface area contributed by atoms with E-state index in [4.69, 9.17) is 0 Å². The Morgan fingerprint density at radius 1 is 1.08 bits per heavy atom. The summed E-state index contributed by atoms with van der Waals surface area (Å²) >= 11 is 7.01. The maximum Gasteiger partial charge on any atom is 0.175 e. The second-order valence-corrected chi connectivity index (χ2v) is 11.4. The average Bonchev–Trinajstić information content (AvgIpc) is 2.90. The minimum atomic E-state index is -1.16. The van der Waals surface area contributed by atoms with E-state index in [0.717, 1.165) is 38.5 Å². The van der Waals surface area contributed by atoms with Gasteiger partial charge >= 0.3 is 0 Å². The summed E-state index contributed by atoms with van der Waals surface area (Å²) in [4.78, 5) is 24.9. The number of aliphatic hydroxyl groups is 1. The number of rotatable bonds is 2. The van der Waals surface area contributed by atoms with Crippen LogP contribution in [0.3, 0.4) is 0 Å². The Bertz CT molecular complexity index is 637. The molecule has 0 aromatic heterocycles. The largest absolute Gasteiger partial charge is 0.381 e. The number of carbonyl (C=O) groups excluding carboxylic acids is 2. The third-order valence-corrected chi connectivity index (χ3v) is 10.9. The summed E-state index contributed by atoms with van der Waals surface area (Å²) in [6.07, 6.45) is 7.52. The summed E-state index contributed by atoms with van der Waals surface area (Å²) < 4.78 is 0. The van der Waals surface area contributed by atoms with E-state index in [2.05, 4.69) is 45.7 Å². The predicted molar refractivity (Wildman–Crippen MR) is 109 cm³/mol. The molecular weight excluding hydrogens is 460 g/mol. The van der Waals surface area contributed by atoms with Crippen molar-refractivity contribution in [2.24, 2.45) is 34.5 Å². The van der Waals surface area contributed by atoms with Crippen LogP contribution in [0.4, 0.5) is 0 Å². The average molecular weight is 490 g/mol. The topological polar surface area (TPSA) is 54.4 Å². The van der Waals surface area contributed by atoms with Gasteiger partial charge in [-0.05, 0) is 74.0 Å². The maximum absolute atomic E-state index is 12.6. The number of halogens is 2. The maximum atomic E-state index is 12.6. The van der Waals surface area contributed by atoms with Gasteiger partial charge in [-0.25, -0.2) is 0 Å². The van der Waals surface area contributed by atoms with E-state index >= 15 is 0 Å². The number of hydrogen-bond donors (Lipinski definition) is 1. The highest BCUT2D eigenvalue weighted by atomic mass is 79.9. The first-order chi connectivity index (χ1) is 12.2. The second kappa shape index (κ2) is 6.38. The molecule has 0 aromatic rings. The molecule has 0 aromatic carbocycles. The molecule has 0 aliphatic heterocycles. The quantitative estimate of drug-likeness (QED) is 0.573. The molecule has 4 aliphatic rings. The van der Waals surface area contributed by atoms with Crippen molar-refractivity contribution in [2.75, 3.05) is 5.33 Å². The van der Waals surface area contributed by atoms with Crippen LogP contribution in [-0.2, 0) is 9.59 Å². The Balaban J connectivity index is 1.66. The van der Waals surface area contributed by atoms with Crippen LogP contribution in [0.2, 0.25) is 0 Å². The van der Waals surface area contributed by atoms with Crippen LogP contribution in [0, 0.1) is 34.5 Å². The molecule has 4 fully saturated rings. The zero-order chi connectivity index (χ0) is 18.9. The summed E-state index contributed by atoms with van der Waals surface area (Å²) in [5.74, 6) is 2.42. The van der Waals surface area contributed by atoms with Gasteiger partial charge in [0, 0.05) is 11.8 Å². The van der Waals surface area contributed by atoms with Crippen LogP contribution < -0.4 is 0 Å². The Morgan fingerprint density at radius 2 is 1.77 bits per heavy atom. The molecule has 146 valence electrons. The van der Waals surface area contributed by atoms with Gasteiger partial charge in [-0.3, -0.25) is 9.59 Å². The fraction of sp³-hybridized carbons (Fsp3) is 0.905. The van der Waals surface area contributed by atoms with Crippen molar-refractivity contribution in [1.82, 2.24) is 0 Å². The fourth-order valence-electron chi connectivity index (χ4n) is 7.68. The highest BCUT2D eigenvalue weighted by Crippen LogP contribution is 2.68. The van der Waals surface area contributed by atoms with E-state index in [9.17, 15) is 14.7 Å². The van der Waals surface area contributed by atoms with Crippen molar-refractivity contribution in [2.45, 2.75) is 75.6 Å². The lowest BCUT2D eigenvalue weighted by Gasteiger charge is -2.61. The second-order valence-electron chi connectivity index (χ2n) is 9.85. The Hall–Kier alpha value is 0.260. The predicted octanol–water partition coefficient (Wildman–Crippen LogP) is 4.67. The number of ketones is 2. The number of carbonyl (C=O) groups is 2. The molecule has 3 nitrogen and oxygen atoms in total. The Morgan fingerprint density at radius 3 is 2.46 bits per heavy atom. The summed E-state index contributed by atoms with van der Waals surface area (Å²) in [7, 11) is 0. The van der Waals surface area contributed by atoms with Crippen molar-refractivity contribution >= 4 is 43.4 Å². The standard InChI is InChI=1S/C21H30Br2O3/c1-19-8-7-16(24)18(23)15(19)4-3-12-13(19)5-9-20(2)14(12)6-10-21(20,26)17(25)11-22/h12-15,18,26H,3-11H2,1-2H3. The molecule has 0 saturated heterocycles. The van der Waals surface area contributed by atoms with Crippen LogP contribution in [0.5, 0.6) is 0 Å². The van der Waals surface area contributed by atoms with Crippen molar-refractivity contribution < 1.29 is 14.7 Å². The van der Waals surface area contributed by atoms with Crippen molar-refractivity contribution in [3.05, 3.63) is 0 Å². The van der Waals surface area contributed by atoms with Crippen LogP contribution in [0.15, 0.2) is 0 Å². The van der Waals surface area contributed by atoms with E-state index in [1.54, 1.807) is 0 Å². The molecule has 4 rings (SSSR count). The minimum absolute atomic E-state index is 0.0194. The molecule has 8 unspecified atom stereocenters. The normalized spacial score (nSPS) is 53.6. The highest BCUT2D eigenvalue weighted by molar-refractivity contribution is 9.10. The van der Waals surface area contributed by atoms with E-state index < -0.39 is 5.60 Å². The highest BCUT2D eigenvalue weighted by Gasteiger charge is 2.67. The molecule has 5 heteroatoms. The number of Topliss-reactive ketones (excluding diaryl/α,β-unsaturated/α-hetero) is 2. The Kier molecular flexibility index (Phi) is 4.80. The summed E-state index contributed by atoms with van der Waals surface area (Å²) in [6, 6.07) is 0. The van der Waals surface area contributed by atoms with E-state index in [1.807, 2.05) is 0 Å². The lowest BCUT2D eigenvalue weighted by atomic mass is 9.44. The van der Waals surface area contributed by atoms with Gasteiger partial charge in [0.25, 0.3) is 0 Å². The third kappa shape index (κ3) is 2.38. The van der Waals surface area contributed by atoms with Gasteiger partial charge in [0.05, 0.1) is 10.2 Å². The third-order valence-electron chi connectivity index (χ3n) is 9.25. The van der Waals surface area contributed by atoms with Gasteiger partial charge in [0.2, 0.25) is 0 Å². The zero-order valence-corrected chi connectivity index (χ0v) is 18.9. The van der Waals surface area contributed by atoms with Crippen molar-refractivity contribution in [1.29, 1.82) is 0 Å². The van der Waals surface area contributed by atoms with Crippen LogP contribution in [-0.4, -0.2) is 32.4 Å². The van der Waals surface area contributed by atoms with E-state index in [0.29, 0.717) is 42.3 Å². The molecule has 4 aliphatic carbocycles. The number of alkyl halides is 2. The van der Waals surface area contributed by atoms with Gasteiger partial charge < -0.3 is 5.11 Å². The minimum Gasteiger partial charge on any atom is -0.381 e. The molecule has 8 atom stereocenters. The molecule has 26 heavy (non-hydrogen) atoms. The van der Waals surface area contributed by atoms with E-state index in [1.165, 1.54) is 0 Å². The monoisotopic (exact) mass is 488 g/mol. The lowest BCUT2D eigenvalue weighted by Crippen LogP contribution is -2.60. The van der Waals surface area contributed by atoms with Gasteiger partial charge in [-0.15, -0.1) is 0 Å². The molecule has 0 heterocycles. The van der Waals surface area contributed by atoms with Gasteiger partial charge in [0.1, 0.15) is 11.4 Å². The first-order valence-electron chi connectivity index (χ1n) is 10.2. The van der Waals surface area contributed by atoms with Crippen LogP contribution in [0.25, 0.3) is 0 Å². The summed E-state index contributed by atoms with van der Waals surface area (Å²) in [5.41, 5.74) is -1.24. The lowest BCUT2D eigenvalue weighted by molar-refractivity contribution is -0.167. The van der Waals surface area contributed by atoms with Gasteiger partial charge in [-0.1, -0.05) is 45.7 Å². The molecule has 1 N–H and O–H groups in total. The van der Waals surface area contributed by atoms with Crippen molar-refractivity contribution in [3.63, 3.8) is 0 Å². The molecule has 0 radical (unpaired) electrons. The summed E-state index contributed by atoms with van der Waals surface area (Å²) in [6.45, 7) is 4.59. The van der Waals surface area contributed by atoms with Crippen LogP contribution >= 0.6 is 31.9 Å². The zero-order valence-electron chi connectivity index (χ0n) is 15.8.